The van der Waals surface area contributed by atoms with Crippen LogP contribution in [0.25, 0.3) is 0 Å². The van der Waals surface area contributed by atoms with Crippen LogP contribution in [0.2, 0.25) is 5.02 Å². The Labute approximate surface area is 115 Å². The van der Waals surface area contributed by atoms with E-state index in [9.17, 15) is 14.3 Å². The van der Waals surface area contributed by atoms with E-state index in [-0.39, 0.29) is 28.6 Å². The summed E-state index contributed by atoms with van der Waals surface area (Å²) in [5.41, 5.74) is 0.0283. The summed E-state index contributed by atoms with van der Waals surface area (Å²) in [6.07, 6.45) is -0.342. The minimum Gasteiger partial charge on any atom is -0.390 e. The number of amides is 1. The van der Waals surface area contributed by atoms with Crippen molar-refractivity contribution in [2.24, 2.45) is 0 Å². The maximum Gasteiger partial charge on any atom is 0.230 e. The molecule has 100 valence electrons. The van der Waals surface area contributed by atoms with Crippen molar-refractivity contribution in [1.82, 2.24) is 0 Å². The Balaban J connectivity index is 2.50. The summed E-state index contributed by atoms with van der Waals surface area (Å²) >= 11 is 5.75. The van der Waals surface area contributed by atoms with Gasteiger partial charge in [0.2, 0.25) is 5.91 Å². The van der Waals surface area contributed by atoms with Gasteiger partial charge in [0.05, 0.1) is 34.8 Å². The lowest BCUT2D eigenvalue weighted by atomic mass is 10.1. The molecule has 1 aliphatic rings. The van der Waals surface area contributed by atoms with Crippen LogP contribution in [0.3, 0.4) is 0 Å². The average molecular weight is 283 g/mol. The first-order valence-corrected chi connectivity index (χ1v) is 6.27. The van der Waals surface area contributed by atoms with Crippen molar-refractivity contribution < 1.29 is 14.3 Å². The highest BCUT2D eigenvalue weighted by Crippen LogP contribution is 2.34. The maximum absolute atomic E-state index is 14.2. The molecule has 2 rings (SSSR count). The lowest BCUT2D eigenvalue weighted by molar-refractivity contribution is -0.117. The van der Waals surface area contributed by atoms with Crippen LogP contribution in [-0.4, -0.2) is 23.2 Å². The first-order chi connectivity index (χ1) is 9.01. The van der Waals surface area contributed by atoms with Crippen LogP contribution in [0.1, 0.15) is 25.3 Å². The summed E-state index contributed by atoms with van der Waals surface area (Å²) < 4.78 is 14.2. The van der Waals surface area contributed by atoms with Gasteiger partial charge in [-0.05, 0) is 18.6 Å². The largest absolute Gasteiger partial charge is 0.390 e. The first kappa shape index (κ1) is 13.8. The third-order valence-electron chi connectivity index (χ3n) is 3.29. The summed E-state index contributed by atoms with van der Waals surface area (Å²) in [5, 5.41) is 18.2. The predicted octanol–water partition coefficient (Wildman–Crippen LogP) is 2.23. The van der Waals surface area contributed by atoms with Crippen molar-refractivity contribution in [1.29, 1.82) is 5.26 Å². The highest BCUT2D eigenvalue weighted by Gasteiger charge is 2.39. The molecule has 0 spiro atoms. The molecule has 1 aromatic carbocycles. The fraction of sp³-hybridized carbons (Fsp3) is 0.385. The Kier molecular flexibility index (Phi) is 3.74. The van der Waals surface area contributed by atoms with Crippen molar-refractivity contribution in [3.8, 4) is 6.07 Å². The third kappa shape index (κ3) is 2.18. The Morgan fingerprint density at radius 3 is 2.89 bits per heavy atom. The Hall–Kier alpha value is -1.64. The maximum atomic E-state index is 14.2. The molecule has 1 aromatic rings. The molecular weight excluding hydrogens is 271 g/mol. The van der Waals surface area contributed by atoms with Gasteiger partial charge in [-0.1, -0.05) is 18.5 Å². The summed E-state index contributed by atoms with van der Waals surface area (Å²) in [7, 11) is 0. The molecule has 6 heteroatoms. The monoisotopic (exact) mass is 282 g/mol. The van der Waals surface area contributed by atoms with E-state index < -0.39 is 18.0 Å². The number of carbonyl (C=O) groups is 1. The SMILES string of the molecule is CC[C@H]1[C@@H](O)CC(=O)N1c1ccc(C#N)c(Cl)c1F. The smallest absolute Gasteiger partial charge is 0.230 e. The number of nitrogens with zero attached hydrogens (tertiary/aromatic N) is 2. The van der Waals surface area contributed by atoms with Crippen LogP contribution in [-0.2, 0) is 4.79 Å². The Morgan fingerprint density at radius 1 is 1.63 bits per heavy atom. The van der Waals surface area contributed by atoms with Crippen molar-refractivity contribution >= 4 is 23.2 Å². The van der Waals surface area contributed by atoms with Crippen LogP contribution in [0.5, 0.6) is 0 Å². The van der Waals surface area contributed by atoms with Gasteiger partial charge in [-0.3, -0.25) is 4.79 Å². The molecule has 0 aromatic heterocycles. The van der Waals surface area contributed by atoms with Gasteiger partial charge in [-0.25, -0.2) is 4.39 Å². The molecule has 2 atom stereocenters. The number of halogens is 2. The van der Waals surface area contributed by atoms with E-state index in [2.05, 4.69) is 0 Å². The lowest BCUT2D eigenvalue weighted by Gasteiger charge is -2.26. The van der Waals surface area contributed by atoms with Crippen molar-refractivity contribution in [2.75, 3.05) is 4.90 Å². The number of aliphatic hydroxyl groups excluding tert-OH is 1. The van der Waals surface area contributed by atoms with E-state index >= 15 is 0 Å². The molecule has 1 N–H and O–H groups in total. The van der Waals surface area contributed by atoms with Gasteiger partial charge in [0.15, 0.2) is 5.82 Å². The number of aliphatic hydroxyl groups is 1. The van der Waals surface area contributed by atoms with Gasteiger partial charge in [-0.2, -0.15) is 5.26 Å². The number of hydrogen-bond acceptors (Lipinski definition) is 3. The minimum atomic E-state index is -0.814. The third-order valence-corrected chi connectivity index (χ3v) is 3.66. The molecular formula is C13H12ClFN2O2. The highest BCUT2D eigenvalue weighted by molar-refractivity contribution is 6.32. The topological polar surface area (TPSA) is 64.3 Å². The zero-order valence-electron chi connectivity index (χ0n) is 10.2. The first-order valence-electron chi connectivity index (χ1n) is 5.89. The van der Waals surface area contributed by atoms with E-state index in [1.54, 1.807) is 6.07 Å². The van der Waals surface area contributed by atoms with E-state index in [1.807, 2.05) is 6.92 Å². The molecule has 0 unspecified atom stereocenters. The zero-order valence-corrected chi connectivity index (χ0v) is 11.0. The summed E-state index contributed by atoms with van der Waals surface area (Å²) in [5.74, 6) is -1.15. The zero-order chi connectivity index (χ0) is 14.2. The second kappa shape index (κ2) is 5.16. The molecule has 4 nitrogen and oxygen atoms in total. The van der Waals surface area contributed by atoms with Crippen LogP contribution < -0.4 is 4.90 Å². The normalized spacial score (nSPS) is 22.7. The summed E-state index contributed by atoms with van der Waals surface area (Å²) in [6, 6.07) is 4.02. The Bertz CT molecular complexity index is 570. The second-order valence-electron chi connectivity index (χ2n) is 4.38. The molecule has 0 bridgehead atoms. The van der Waals surface area contributed by atoms with Gasteiger partial charge < -0.3 is 10.0 Å². The van der Waals surface area contributed by atoms with Gasteiger partial charge in [0.25, 0.3) is 0 Å². The number of benzene rings is 1. The minimum absolute atomic E-state index is 0.0115. The lowest BCUT2D eigenvalue weighted by Crippen LogP contribution is -2.37. The van der Waals surface area contributed by atoms with Gasteiger partial charge >= 0.3 is 0 Å². The molecule has 1 fully saturated rings. The highest BCUT2D eigenvalue weighted by atomic mass is 35.5. The number of anilines is 1. The number of carbonyl (C=O) groups excluding carboxylic acids is 1. The van der Waals surface area contributed by atoms with Gasteiger partial charge in [0, 0.05) is 0 Å². The molecule has 1 heterocycles. The van der Waals surface area contributed by atoms with Crippen LogP contribution >= 0.6 is 11.6 Å². The molecule has 19 heavy (non-hydrogen) atoms. The fourth-order valence-corrected chi connectivity index (χ4v) is 2.55. The molecule has 0 aliphatic carbocycles. The van der Waals surface area contributed by atoms with Gasteiger partial charge in [0.1, 0.15) is 6.07 Å². The molecule has 0 saturated carbocycles. The van der Waals surface area contributed by atoms with Crippen molar-refractivity contribution in [2.45, 2.75) is 31.9 Å². The fourth-order valence-electron chi connectivity index (χ4n) is 2.35. The van der Waals surface area contributed by atoms with E-state index in [4.69, 9.17) is 16.9 Å². The molecule has 1 aliphatic heterocycles. The number of rotatable bonds is 2. The summed E-state index contributed by atoms with van der Waals surface area (Å²) in [6.45, 7) is 1.81. The Morgan fingerprint density at radius 2 is 2.32 bits per heavy atom. The van der Waals surface area contributed by atoms with Crippen LogP contribution in [0, 0.1) is 17.1 Å². The number of nitriles is 1. The standard InChI is InChI=1S/C13H12ClFN2O2/c1-2-8-10(18)5-11(19)17(8)9-4-3-7(6-16)12(14)13(9)15/h3-4,8,10,18H,2,5H2,1H3/t8-,10-/m0/s1. The van der Waals surface area contributed by atoms with Gasteiger partial charge in [-0.15, -0.1) is 0 Å². The molecule has 1 amide bonds. The molecule has 1 saturated heterocycles. The average Bonchev–Trinajstić information content (AvgIpc) is 2.67. The van der Waals surface area contributed by atoms with Crippen LogP contribution in [0.15, 0.2) is 12.1 Å². The second-order valence-corrected chi connectivity index (χ2v) is 4.76. The van der Waals surface area contributed by atoms with Crippen LogP contribution in [0.4, 0.5) is 10.1 Å². The predicted molar refractivity (Wildman–Crippen MR) is 68.3 cm³/mol. The summed E-state index contributed by atoms with van der Waals surface area (Å²) in [4.78, 5) is 13.1. The quantitative estimate of drug-likeness (QED) is 0.905. The molecule has 0 radical (unpaired) electrons. The van der Waals surface area contributed by atoms with E-state index in [1.165, 1.54) is 17.0 Å². The van der Waals surface area contributed by atoms with E-state index in [0.717, 1.165) is 0 Å². The van der Waals surface area contributed by atoms with Crippen molar-refractivity contribution in [3.05, 3.63) is 28.5 Å². The number of hydrogen-bond donors (Lipinski definition) is 1. The van der Waals surface area contributed by atoms with Crippen molar-refractivity contribution in [3.63, 3.8) is 0 Å². The van der Waals surface area contributed by atoms with E-state index in [0.29, 0.717) is 6.42 Å².